The number of aliphatic imine (C=N–C) groups is 1. The zero-order valence-corrected chi connectivity index (χ0v) is 16.5. The molecule has 1 aromatic carbocycles. The molecule has 1 heterocycles. The maximum Gasteiger partial charge on any atom is 0.338 e. The Morgan fingerprint density at radius 1 is 1.26 bits per heavy atom. The highest BCUT2D eigenvalue weighted by atomic mass is 32.2. The van der Waals surface area contributed by atoms with Gasteiger partial charge in [-0.3, -0.25) is 4.79 Å². The van der Waals surface area contributed by atoms with Gasteiger partial charge in [0.25, 0.3) is 0 Å². The molecule has 0 saturated heterocycles. The van der Waals surface area contributed by atoms with Gasteiger partial charge in [-0.15, -0.1) is 0 Å². The van der Waals surface area contributed by atoms with Crippen LogP contribution in [0.4, 0.5) is 0 Å². The highest BCUT2D eigenvalue weighted by Crippen LogP contribution is 2.37. The van der Waals surface area contributed by atoms with Crippen molar-refractivity contribution in [2.45, 2.75) is 33.2 Å². The third kappa shape index (κ3) is 5.50. The van der Waals surface area contributed by atoms with Crippen LogP contribution in [-0.4, -0.2) is 41.2 Å². The molecule has 0 bridgehead atoms. The summed E-state index contributed by atoms with van der Waals surface area (Å²) in [6.45, 7) is 6.18. The molecule has 2 rings (SSSR count). The molecular formula is C19H24N2O5S. The second-order valence-corrected chi connectivity index (χ2v) is 6.77. The Labute approximate surface area is 162 Å². The van der Waals surface area contributed by atoms with Crippen molar-refractivity contribution in [3.05, 3.63) is 41.1 Å². The number of carboxylic acid groups (broad SMARTS) is 1. The largest absolute Gasteiger partial charge is 0.494 e. The highest BCUT2D eigenvalue weighted by molar-refractivity contribution is 8.13. The summed E-state index contributed by atoms with van der Waals surface area (Å²) in [7, 11) is 0. The number of allylic oxidation sites excluding steroid dienone is 1. The zero-order chi connectivity index (χ0) is 19.8. The van der Waals surface area contributed by atoms with E-state index < -0.39 is 18.0 Å². The summed E-state index contributed by atoms with van der Waals surface area (Å²) in [6, 6.07) is 6.86. The van der Waals surface area contributed by atoms with E-state index >= 15 is 0 Å². The molecule has 0 saturated carbocycles. The van der Waals surface area contributed by atoms with Gasteiger partial charge in [-0.1, -0.05) is 30.0 Å². The minimum Gasteiger partial charge on any atom is -0.494 e. The molecule has 0 amide bonds. The van der Waals surface area contributed by atoms with Crippen molar-refractivity contribution >= 4 is 28.9 Å². The topological polar surface area (TPSA) is 97.2 Å². The van der Waals surface area contributed by atoms with Crippen LogP contribution in [-0.2, 0) is 14.3 Å². The highest BCUT2D eigenvalue weighted by Gasteiger charge is 2.32. The van der Waals surface area contributed by atoms with Crippen molar-refractivity contribution in [2.75, 3.05) is 19.0 Å². The molecule has 0 radical (unpaired) electrons. The van der Waals surface area contributed by atoms with Crippen LogP contribution in [0.3, 0.4) is 0 Å². The first-order chi connectivity index (χ1) is 13.0. The first-order valence-electron chi connectivity index (χ1n) is 8.76. The number of carboxylic acids is 1. The minimum atomic E-state index is -0.864. The first-order valence-corrected chi connectivity index (χ1v) is 9.75. The van der Waals surface area contributed by atoms with Gasteiger partial charge in [0.15, 0.2) is 5.17 Å². The Morgan fingerprint density at radius 3 is 2.67 bits per heavy atom. The Morgan fingerprint density at radius 2 is 2.00 bits per heavy atom. The van der Waals surface area contributed by atoms with E-state index in [4.69, 9.17) is 14.6 Å². The average molecular weight is 392 g/mol. The van der Waals surface area contributed by atoms with E-state index in [0.29, 0.717) is 34.5 Å². The lowest BCUT2D eigenvalue weighted by molar-refractivity contribution is -0.139. The van der Waals surface area contributed by atoms with Gasteiger partial charge in [-0.2, -0.15) is 0 Å². The van der Waals surface area contributed by atoms with Crippen LogP contribution in [0.5, 0.6) is 5.75 Å². The van der Waals surface area contributed by atoms with Crippen molar-refractivity contribution in [1.82, 2.24) is 5.32 Å². The fraction of sp³-hybridized carbons (Fsp3) is 0.421. The average Bonchev–Trinajstić information content (AvgIpc) is 2.62. The fourth-order valence-electron chi connectivity index (χ4n) is 2.65. The second-order valence-electron chi connectivity index (χ2n) is 5.68. The molecule has 8 heteroatoms. The first kappa shape index (κ1) is 20.8. The van der Waals surface area contributed by atoms with Crippen LogP contribution in [0.25, 0.3) is 0 Å². The van der Waals surface area contributed by atoms with E-state index in [1.807, 2.05) is 31.2 Å². The smallest absolute Gasteiger partial charge is 0.338 e. The number of rotatable bonds is 8. The van der Waals surface area contributed by atoms with E-state index in [-0.39, 0.29) is 13.0 Å². The van der Waals surface area contributed by atoms with Crippen LogP contribution in [0.15, 0.2) is 40.5 Å². The summed E-state index contributed by atoms with van der Waals surface area (Å²) < 4.78 is 10.9. The molecule has 7 nitrogen and oxygen atoms in total. The van der Waals surface area contributed by atoms with Crippen LogP contribution < -0.4 is 10.1 Å². The number of thioether (sulfide) groups is 1. The summed E-state index contributed by atoms with van der Waals surface area (Å²) in [5.41, 5.74) is 1.82. The quantitative estimate of drug-likeness (QED) is 0.656. The number of amidine groups is 1. The molecule has 1 atom stereocenters. The van der Waals surface area contributed by atoms with Crippen molar-refractivity contribution in [2.24, 2.45) is 4.99 Å². The van der Waals surface area contributed by atoms with E-state index in [2.05, 4.69) is 10.3 Å². The van der Waals surface area contributed by atoms with Gasteiger partial charge in [0.2, 0.25) is 0 Å². The van der Waals surface area contributed by atoms with Gasteiger partial charge >= 0.3 is 11.9 Å². The van der Waals surface area contributed by atoms with E-state index in [1.54, 1.807) is 13.8 Å². The summed E-state index contributed by atoms with van der Waals surface area (Å²) in [5, 5.41) is 12.5. The van der Waals surface area contributed by atoms with E-state index in [0.717, 1.165) is 5.56 Å². The van der Waals surface area contributed by atoms with Gasteiger partial charge in [-0.05, 0) is 26.8 Å². The Kier molecular flexibility index (Phi) is 7.72. The number of aliphatic carboxylic acids is 1. The lowest BCUT2D eigenvalue weighted by atomic mass is 9.96. The number of para-hydroxylation sites is 1. The molecule has 1 aromatic rings. The molecule has 0 aromatic heterocycles. The number of esters is 1. The molecule has 27 heavy (non-hydrogen) atoms. The standard InChI is InChI=1S/C19H24N2O5S/c1-4-25-14-9-7-6-8-13(14)17-16(18(24)26-5-2)12(3)20-19(21-17)27-11-10-15(22)23/h6-9,17H,4-5,10-11H2,1-3H3,(H,20,21)(H,22,23). The number of nitrogens with one attached hydrogen (secondary N) is 1. The molecule has 1 aliphatic heterocycles. The van der Waals surface area contributed by atoms with E-state index in [1.165, 1.54) is 11.8 Å². The molecule has 1 aliphatic rings. The van der Waals surface area contributed by atoms with Crippen molar-refractivity contribution in [3.8, 4) is 5.75 Å². The molecule has 146 valence electrons. The Hall–Kier alpha value is -2.48. The molecule has 1 unspecified atom stereocenters. The number of hydrogen-bond donors (Lipinski definition) is 2. The van der Waals surface area contributed by atoms with Crippen LogP contribution in [0.1, 0.15) is 38.8 Å². The monoisotopic (exact) mass is 392 g/mol. The fourth-order valence-corrected chi connectivity index (χ4v) is 3.52. The Balaban J connectivity index is 2.40. The van der Waals surface area contributed by atoms with Crippen molar-refractivity contribution in [3.63, 3.8) is 0 Å². The maximum atomic E-state index is 12.6. The molecule has 2 N–H and O–H groups in total. The Bertz CT molecular complexity index is 760. The van der Waals surface area contributed by atoms with Crippen molar-refractivity contribution in [1.29, 1.82) is 0 Å². The second kappa shape index (κ2) is 10.0. The number of ether oxygens (including phenoxy) is 2. The number of hydrogen-bond acceptors (Lipinski definition) is 7. The van der Waals surface area contributed by atoms with Gasteiger partial charge in [0.1, 0.15) is 11.8 Å². The SMILES string of the molecule is CCOC(=O)C1=C(C)NC(SCCC(=O)O)=NC1c1ccccc1OCC. The lowest BCUT2D eigenvalue weighted by Gasteiger charge is -2.26. The predicted octanol–water partition coefficient (Wildman–Crippen LogP) is 3.13. The number of carbonyl (C=O) groups is 2. The van der Waals surface area contributed by atoms with Crippen LogP contribution >= 0.6 is 11.8 Å². The normalized spacial score (nSPS) is 16.4. The summed E-state index contributed by atoms with van der Waals surface area (Å²) >= 11 is 1.31. The van der Waals surface area contributed by atoms with Crippen LogP contribution in [0.2, 0.25) is 0 Å². The third-order valence-electron chi connectivity index (χ3n) is 3.78. The molecule has 0 aliphatic carbocycles. The van der Waals surface area contributed by atoms with Crippen molar-refractivity contribution < 1.29 is 24.2 Å². The van der Waals surface area contributed by atoms with Gasteiger partial charge in [0, 0.05) is 17.0 Å². The maximum absolute atomic E-state index is 12.6. The van der Waals surface area contributed by atoms with Gasteiger partial charge in [-0.25, -0.2) is 9.79 Å². The molecular weight excluding hydrogens is 368 g/mol. The minimum absolute atomic E-state index is 0.0268. The summed E-state index contributed by atoms with van der Waals surface area (Å²) in [6.07, 6.45) is 0.0268. The van der Waals surface area contributed by atoms with Gasteiger partial charge < -0.3 is 19.9 Å². The molecule has 0 spiro atoms. The van der Waals surface area contributed by atoms with E-state index in [9.17, 15) is 9.59 Å². The zero-order valence-electron chi connectivity index (χ0n) is 15.7. The summed E-state index contributed by atoms with van der Waals surface area (Å²) in [4.78, 5) is 28.0. The number of benzene rings is 1. The lowest BCUT2D eigenvalue weighted by Crippen LogP contribution is -2.31. The predicted molar refractivity (Wildman–Crippen MR) is 105 cm³/mol. The summed E-state index contributed by atoms with van der Waals surface area (Å²) in [5.74, 6) is -0.267. The third-order valence-corrected chi connectivity index (χ3v) is 4.67. The molecule has 0 fully saturated rings. The van der Waals surface area contributed by atoms with Crippen LogP contribution in [0, 0.1) is 0 Å². The van der Waals surface area contributed by atoms with Gasteiger partial charge in [0.05, 0.1) is 25.2 Å². The number of nitrogens with zero attached hydrogens (tertiary/aromatic N) is 1. The number of carbonyl (C=O) groups excluding carboxylic acids is 1.